The fourth-order valence-electron chi connectivity index (χ4n) is 14.4. The third kappa shape index (κ3) is 13.3. The number of ether oxygens (including phenoxy) is 1. The van der Waals surface area contributed by atoms with Gasteiger partial charge in [0.1, 0.15) is 5.78 Å². The molecule has 1 saturated heterocycles. The average molecular weight is 996 g/mol. The van der Waals surface area contributed by atoms with Crippen molar-refractivity contribution < 1.29 is 34.8 Å². The lowest BCUT2D eigenvalue weighted by Crippen LogP contribution is -2.57. The number of piperidine rings is 1. The highest BCUT2D eigenvalue weighted by Crippen LogP contribution is 2.60. The molecule has 12 heteroatoms. The van der Waals surface area contributed by atoms with E-state index in [-0.39, 0.29) is 47.0 Å². The van der Waals surface area contributed by atoms with Crippen molar-refractivity contribution in [2.24, 2.45) is 46.7 Å². The highest BCUT2D eigenvalue weighted by atomic mass is 16.6. The number of hydrogen-bond donors (Lipinski definition) is 9. The molecule has 0 bridgehead atoms. The zero-order valence-electron chi connectivity index (χ0n) is 43.0. The van der Waals surface area contributed by atoms with Crippen LogP contribution in [0.25, 0.3) is 5.57 Å². The van der Waals surface area contributed by atoms with Gasteiger partial charge in [-0.15, -0.1) is 0 Å². The number of benzene rings is 3. The first-order valence-corrected chi connectivity index (χ1v) is 27.5. The molecule has 9 rings (SSSR count). The second-order valence-electron chi connectivity index (χ2n) is 22.6. The van der Waals surface area contributed by atoms with Gasteiger partial charge in [-0.2, -0.15) is 0 Å². The van der Waals surface area contributed by atoms with E-state index in [1.807, 2.05) is 25.3 Å². The quantitative estimate of drug-likeness (QED) is 0.0217. The predicted molar refractivity (Wildman–Crippen MR) is 287 cm³/mol. The third-order valence-corrected chi connectivity index (χ3v) is 17.6. The molecule has 392 valence electrons. The zero-order valence-corrected chi connectivity index (χ0v) is 43.0. The van der Waals surface area contributed by atoms with E-state index in [1.165, 1.54) is 35.6 Å². The van der Waals surface area contributed by atoms with Crippen LogP contribution < -0.4 is 31.7 Å². The molecule has 12 nitrogen and oxygen atoms in total. The zero-order chi connectivity index (χ0) is 50.9. The van der Waals surface area contributed by atoms with Crippen molar-refractivity contribution in [2.45, 2.75) is 128 Å². The van der Waals surface area contributed by atoms with E-state index in [4.69, 9.17) is 10.5 Å². The molecular formula is C61H81N5O7. The number of phenolic OH excluding ortho intramolecular Hbond substituents is 1. The fraction of sp³-hybridized carbons (Fsp3) is 0.541. The molecule has 11 unspecified atom stereocenters. The molecule has 73 heavy (non-hydrogen) atoms. The topological polar surface area (TPSA) is 198 Å². The van der Waals surface area contributed by atoms with Crippen LogP contribution in [0.5, 0.6) is 11.5 Å². The smallest absolute Gasteiger partial charge is 0.186 e. The maximum Gasteiger partial charge on any atom is 0.186 e. The molecule has 3 saturated carbocycles. The van der Waals surface area contributed by atoms with Gasteiger partial charge >= 0.3 is 0 Å². The summed E-state index contributed by atoms with van der Waals surface area (Å²) in [5.41, 5.74) is 13.7. The number of nitrogens with two attached hydrogens (primary N) is 1. The number of nitrogens with one attached hydrogen (secondary N) is 4. The number of rotatable bonds is 22. The highest BCUT2D eigenvalue weighted by Gasteiger charge is 2.55. The second-order valence-corrected chi connectivity index (χ2v) is 22.6. The largest absolute Gasteiger partial charge is 0.504 e. The standard InChI is InChI=1S/C61H81N5O7/c1-39(69)34-65-51-28-50-17-15-43(31-61(50,32-51)33-56-54-18-20-63-35-48(54)23-45-11-6-19-64-60(45)56)22-52(70)29-53(71)25-49(37-67)55-30-58(73-38-68)57(72)26-46(55)24-47-36-66-59(62)27-44(47)16-14-42-10-5-9-41(21-42)13-12-40-7-3-2-4-8-40/h2-11,21,25-27,30,36,39,43,45,48,50-51,54,56,59-60,63-69,72H,12-20,22-24,28-29,31-35,37-38,62H2,1H3. The number of fused-ring (bicyclic) bond motifs is 3. The van der Waals surface area contributed by atoms with Crippen molar-refractivity contribution in [2.75, 3.05) is 39.6 Å². The Hall–Kier alpha value is -4.92. The van der Waals surface area contributed by atoms with Crippen LogP contribution in [-0.2, 0) is 35.3 Å². The third-order valence-electron chi connectivity index (χ3n) is 17.6. The summed E-state index contributed by atoms with van der Waals surface area (Å²) >= 11 is 0. The summed E-state index contributed by atoms with van der Waals surface area (Å²) in [5, 5.41) is 56.6. The van der Waals surface area contributed by atoms with Gasteiger partial charge in [0.25, 0.3) is 0 Å². The molecule has 3 aromatic carbocycles. The number of hydrogen-bond acceptors (Lipinski definition) is 12. The number of carbonyl (C=O) groups is 2. The van der Waals surface area contributed by atoms with Crippen LogP contribution in [0.4, 0.5) is 0 Å². The number of dihydropyridines is 1. The number of phenols is 1. The monoisotopic (exact) mass is 996 g/mol. The summed E-state index contributed by atoms with van der Waals surface area (Å²) < 4.78 is 5.39. The number of allylic oxidation sites excluding steroid dienone is 3. The van der Waals surface area contributed by atoms with E-state index < -0.39 is 19.5 Å². The Labute approximate surface area is 433 Å². The fourth-order valence-corrected chi connectivity index (χ4v) is 14.4. The van der Waals surface area contributed by atoms with Crippen LogP contribution in [0.1, 0.15) is 105 Å². The molecule has 3 aromatic rings. The Morgan fingerprint density at radius 3 is 2.53 bits per heavy atom. The molecule has 10 N–H and O–H groups in total. The van der Waals surface area contributed by atoms with Crippen molar-refractivity contribution in [1.82, 2.24) is 21.3 Å². The summed E-state index contributed by atoms with van der Waals surface area (Å²) in [6.45, 7) is 4.32. The van der Waals surface area contributed by atoms with Crippen LogP contribution in [0.15, 0.2) is 108 Å². The number of Topliss-reactive ketones (excluding diaryl/α,β-unsaturated/α-hetero) is 1. The Morgan fingerprint density at radius 2 is 1.74 bits per heavy atom. The van der Waals surface area contributed by atoms with Gasteiger partial charge in [-0.25, -0.2) is 0 Å². The molecule has 0 spiro atoms. The minimum Gasteiger partial charge on any atom is -0.504 e. The van der Waals surface area contributed by atoms with Gasteiger partial charge in [-0.3, -0.25) is 9.59 Å². The minimum atomic E-state index is -0.679. The van der Waals surface area contributed by atoms with E-state index in [0.29, 0.717) is 77.8 Å². The number of ketones is 2. The summed E-state index contributed by atoms with van der Waals surface area (Å²) in [4.78, 5) is 28.1. The summed E-state index contributed by atoms with van der Waals surface area (Å²) in [7, 11) is 0. The molecule has 11 atom stereocenters. The SMILES string of the molecule is CC(O)CNC1CC2CCC(CC(=O)CC(=O)C=C(CO)c3cc(OCO)c(O)cc3CC3=CNC(N)C=C3CCc3cccc(CCc4ccccc4)c3)CC2(CC2C3CCNCC3CC3C=CCNC32)C1. The van der Waals surface area contributed by atoms with Crippen LogP contribution in [-0.4, -0.2) is 95.9 Å². The van der Waals surface area contributed by atoms with Gasteiger partial charge < -0.3 is 52.2 Å². The van der Waals surface area contributed by atoms with Gasteiger partial charge in [0.2, 0.25) is 0 Å². The van der Waals surface area contributed by atoms with Crippen LogP contribution in [0.2, 0.25) is 0 Å². The normalized spacial score (nSPS) is 29.2. The predicted octanol–water partition coefficient (Wildman–Crippen LogP) is 6.99. The van der Waals surface area contributed by atoms with Crippen LogP contribution in [0, 0.1) is 40.9 Å². The molecule has 0 radical (unpaired) electrons. The van der Waals surface area contributed by atoms with Gasteiger partial charge in [0.05, 0.1) is 25.3 Å². The van der Waals surface area contributed by atoms with Gasteiger partial charge in [-0.1, -0.05) is 66.7 Å². The van der Waals surface area contributed by atoms with Gasteiger partial charge in [0, 0.05) is 37.8 Å². The van der Waals surface area contributed by atoms with E-state index in [1.54, 1.807) is 12.1 Å². The summed E-state index contributed by atoms with van der Waals surface area (Å²) in [5.74, 6) is 2.53. The Morgan fingerprint density at radius 1 is 0.945 bits per heavy atom. The first kappa shape index (κ1) is 52.9. The van der Waals surface area contributed by atoms with Crippen molar-refractivity contribution in [3.05, 3.63) is 136 Å². The average Bonchev–Trinajstić information content (AvgIpc) is 3.75. The highest BCUT2D eigenvalue weighted by molar-refractivity contribution is 6.07. The lowest BCUT2D eigenvalue weighted by Gasteiger charge is -2.54. The molecule has 3 heterocycles. The lowest BCUT2D eigenvalue weighted by atomic mass is 9.54. The second kappa shape index (κ2) is 24.6. The maximum atomic E-state index is 14.1. The van der Waals surface area contributed by atoms with Crippen LogP contribution >= 0.6 is 0 Å². The van der Waals surface area contributed by atoms with Crippen molar-refractivity contribution in [3.8, 4) is 11.5 Å². The number of aromatic hydroxyl groups is 1. The van der Waals surface area contributed by atoms with E-state index in [2.05, 4.69) is 82.0 Å². The van der Waals surface area contributed by atoms with E-state index in [9.17, 15) is 30.0 Å². The molecule has 0 aromatic heterocycles. The van der Waals surface area contributed by atoms with Crippen molar-refractivity contribution in [3.63, 3.8) is 0 Å². The Kier molecular flexibility index (Phi) is 17.8. The number of aliphatic hydroxyl groups is 3. The minimum absolute atomic E-state index is 0.0136. The molecule has 0 amide bonds. The first-order valence-electron chi connectivity index (χ1n) is 27.5. The number of carbonyl (C=O) groups excluding carboxylic acids is 2. The van der Waals surface area contributed by atoms with Gasteiger partial charge in [0.15, 0.2) is 24.1 Å². The molecule has 3 aliphatic heterocycles. The summed E-state index contributed by atoms with van der Waals surface area (Å²) in [6, 6.07) is 23.1. The lowest BCUT2D eigenvalue weighted by molar-refractivity contribution is -0.126. The number of aliphatic hydroxyl groups excluding tert-OH is 3. The molecule has 6 aliphatic rings. The molecule has 4 fully saturated rings. The van der Waals surface area contributed by atoms with E-state index >= 15 is 0 Å². The number of aryl methyl sites for hydroxylation is 3. The van der Waals surface area contributed by atoms with Gasteiger partial charge in [-0.05, 0) is 213 Å². The van der Waals surface area contributed by atoms with Crippen LogP contribution in [0.3, 0.4) is 0 Å². The van der Waals surface area contributed by atoms with Crippen molar-refractivity contribution >= 4 is 17.1 Å². The van der Waals surface area contributed by atoms with E-state index in [0.717, 1.165) is 95.0 Å². The summed E-state index contributed by atoms with van der Waals surface area (Å²) in [6.07, 6.45) is 21.8. The first-order chi connectivity index (χ1) is 35.4. The Balaban J connectivity index is 0.884. The maximum absolute atomic E-state index is 14.1. The van der Waals surface area contributed by atoms with Crippen molar-refractivity contribution in [1.29, 1.82) is 0 Å². The Bertz CT molecular complexity index is 2500. The molecular weight excluding hydrogens is 915 g/mol. The molecule has 3 aliphatic carbocycles.